The number of aliphatic hydroxyl groups excluding tert-OH is 1. The van der Waals surface area contributed by atoms with Crippen molar-refractivity contribution in [2.24, 2.45) is 152 Å². The minimum atomic E-state index is -0.617. The summed E-state index contributed by atoms with van der Waals surface area (Å²) in [4.78, 5) is 20.6. The van der Waals surface area contributed by atoms with Crippen LogP contribution in [0.2, 0.25) is 0 Å². The maximum Gasteiger partial charge on any atom is 0.219 e. The molecule has 14 heteroatoms. The van der Waals surface area contributed by atoms with Crippen molar-refractivity contribution in [3.63, 3.8) is 0 Å². The zero-order valence-electron chi connectivity index (χ0n) is 90.3. The molecule has 0 radical (unpaired) electrons. The van der Waals surface area contributed by atoms with Gasteiger partial charge in [0.25, 0.3) is 0 Å². The number of hydrogen-bond acceptors (Lipinski definition) is 12. The summed E-state index contributed by atoms with van der Waals surface area (Å²) in [5, 5.41) is 22.7. The van der Waals surface area contributed by atoms with E-state index in [2.05, 4.69) is 265 Å². The van der Waals surface area contributed by atoms with Crippen LogP contribution in [0.15, 0.2) is 0 Å². The highest BCUT2D eigenvalue weighted by molar-refractivity contribution is 5.73. The first kappa shape index (κ1) is 120. The Bertz CT molecular complexity index is 2430. The minimum Gasteiger partial charge on any atom is -0.393 e. The molecule has 0 aromatic rings. The lowest BCUT2D eigenvalue weighted by Gasteiger charge is -2.38. The Morgan fingerprint density at radius 3 is 1.11 bits per heavy atom. The van der Waals surface area contributed by atoms with Gasteiger partial charge in [0, 0.05) is 85.3 Å². The Morgan fingerprint density at radius 1 is 0.400 bits per heavy atom. The lowest BCUT2D eigenvalue weighted by molar-refractivity contribution is -0.130. The van der Waals surface area contributed by atoms with Crippen LogP contribution in [0.5, 0.6) is 0 Å². The van der Waals surface area contributed by atoms with Gasteiger partial charge in [0.05, 0.1) is 12.2 Å². The van der Waals surface area contributed by atoms with Crippen molar-refractivity contribution in [1.29, 1.82) is 0 Å². The number of piperidine rings is 3. The number of carbonyl (C=O) groups excluding carboxylic acids is 1. The predicted octanol–water partition coefficient (Wildman–Crippen LogP) is 25.7. The van der Waals surface area contributed by atoms with Gasteiger partial charge in [-0.1, -0.05) is 253 Å². The van der Waals surface area contributed by atoms with E-state index in [0.717, 1.165) is 178 Å². The fraction of sp³-hybridized carbons (Fsp3) is 0.991. The van der Waals surface area contributed by atoms with Crippen LogP contribution >= 0.6 is 0 Å². The predicted molar refractivity (Wildman–Crippen MR) is 544 cm³/mol. The van der Waals surface area contributed by atoms with Crippen LogP contribution in [0.4, 0.5) is 4.39 Å². The molecule has 13 nitrogen and oxygen atoms in total. The van der Waals surface area contributed by atoms with Gasteiger partial charge in [-0.2, -0.15) is 0 Å². The molecule has 11 heterocycles. The summed E-state index contributed by atoms with van der Waals surface area (Å²) in [5.74, 6) is 18.6. The Hall–Kier alpha value is -1.04. The average Bonchev–Trinajstić information content (AvgIpc) is 1.83. The molecule has 12 unspecified atom stereocenters. The number of nitrogens with one attached hydrogen (secondary N) is 4. The summed E-state index contributed by atoms with van der Waals surface area (Å²) in [5.41, 5.74) is 1.92. The number of carbonyl (C=O) groups is 1. The van der Waals surface area contributed by atoms with Crippen molar-refractivity contribution in [2.45, 2.75) is 407 Å². The van der Waals surface area contributed by atoms with Crippen LogP contribution < -0.4 is 21.3 Å². The highest BCUT2D eigenvalue weighted by Gasteiger charge is 2.35. The summed E-state index contributed by atoms with van der Waals surface area (Å²) < 4.78 is 28.8. The smallest absolute Gasteiger partial charge is 0.219 e. The van der Waals surface area contributed by atoms with Crippen LogP contribution in [-0.4, -0.2) is 207 Å². The largest absolute Gasteiger partial charge is 0.393 e. The lowest BCUT2D eigenvalue weighted by Crippen LogP contribution is -2.46. The van der Waals surface area contributed by atoms with Crippen molar-refractivity contribution >= 4 is 5.91 Å². The van der Waals surface area contributed by atoms with Gasteiger partial charge in [-0.25, -0.2) is 4.39 Å². The summed E-state index contributed by atoms with van der Waals surface area (Å²) in [6.45, 7) is 96.6. The number of amides is 1. The molecule has 0 aromatic heterocycles. The second-order valence-corrected chi connectivity index (χ2v) is 49.4. The molecule has 1 amide bonds. The average molecular weight is 1770 g/mol. The first-order valence-electron chi connectivity index (χ1n) is 53.8. The molecule has 11 saturated heterocycles. The molecule has 14 rings (SSSR count). The SMILES string of the molecule is CC(=O)N1CCC(C(C)(C)C)CC1.CC(C)(C)C1CCCCC1.CC(C)(C)C1CCOC1.CC(C)(C)C1CCOCC1.CC(C)C1CCCCC1O.CC(C)C1CCN(C)C1.CC(C)C1CCN(C)C1.CC(C)C1CCN(CC2CC2)CC1.CC(C)C1CCN1.CC(C)C1CCNC1.CC(C)C1CCNCC1F.CC(C)C1CCO1.CCC1CNCC1C(C)C. The van der Waals surface area contributed by atoms with E-state index in [4.69, 9.17) is 14.2 Å². The fourth-order valence-corrected chi connectivity index (χ4v) is 20.7. The second kappa shape index (κ2) is 64.1. The van der Waals surface area contributed by atoms with Gasteiger partial charge in [-0.05, 0) is 353 Å². The highest BCUT2D eigenvalue weighted by atomic mass is 19.1. The number of halogens is 1. The van der Waals surface area contributed by atoms with Crippen LogP contribution in [0, 0.1) is 152 Å². The van der Waals surface area contributed by atoms with E-state index in [1.54, 1.807) is 6.92 Å². The van der Waals surface area contributed by atoms with Crippen molar-refractivity contribution in [3.8, 4) is 0 Å². The molecule has 0 spiro atoms. The number of hydrogen-bond donors (Lipinski definition) is 5. The molecule has 14 fully saturated rings. The van der Waals surface area contributed by atoms with E-state index in [1.165, 1.54) is 226 Å². The van der Waals surface area contributed by atoms with Crippen LogP contribution in [0.25, 0.3) is 0 Å². The number of alkyl halides is 1. The Morgan fingerprint density at radius 2 is 0.840 bits per heavy atom. The summed E-state index contributed by atoms with van der Waals surface area (Å²) in [6, 6.07) is 0.833. The number of nitrogens with zero attached hydrogens (tertiary/aromatic N) is 4. The molecule has 3 aliphatic carbocycles. The maximum atomic E-state index is 13.0. The van der Waals surface area contributed by atoms with Crippen molar-refractivity contribution < 1.29 is 28.5 Å². The van der Waals surface area contributed by atoms with Crippen molar-refractivity contribution in [3.05, 3.63) is 0 Å². The lowest BCUT2D eigenvalue weighted by atomic mass is 9.72. The van der Waals surface area contributed by atoms with Gasteiger partial charge in [0.15, 0.2) is 0 Å². The molecule has 12 atom stereocenters. The van der Waals surface area contributed by atoms with Gasteiger partial charge in [0.2, 0.25) is 5.91 Å². The van der Waals surface area contributed by atoms with Crippen molar-refractivity contribution in [2.75, 3.05) is 152 Å². The number of aliphatic hydroxyl groups is 1. The zero-order chi connectivity index (χ0) is 94.4. The van der Waals surface area contributed by atoms with Crippen LogP contribution in [0.1, 0.15) is 382 Å². The van der Waals surface area contributed by atoms with Gasteiger partial charge in [0.1, 0.15) is 6.17 Å². The zero-order valence-corrected chi connectivity index (χ0v) is 90.3. The molecule has 0 aromatic carbocycles. The number of likely N-dealkylation sites (tertiary alicyclic amines) is 4. The molecule has 14 aliphatic rings. The van der Waals surface area contributed by atoms with Gasteiger partial charge in [-0.3, -0.25) is 4.79 Å². The van der Waals surface area contributed by atoms with E-state index in [0.29, 0.717) is 58.0 Å². The molecule has 125 heavy (non-hydrogen) atoms. The first-order valence-corrected chi connectivity index (χ1v) is 53.8. The number of rotatable bonds is 12. The summed E-state index contributed by atoms with van der Waals surface area (Å²) >= 11 is 0. The molecule has 5 N–H and O–H groups in total. The van der Waals surface area contributed by atoms with E-state index in [9.17, 15) is 14.3 Å². The molecular weight excluding hydrogens is 1540 g/mol. The van der Waals surface area contributed by atoms with Gasteiger partial charge < -0.3 is 60.2 Å². The van der Waals surface area contributed by atoms with E-state index < -0.39 is 6.17 Å². The fourth-order valence-electron chi connectivity index (χ4n) is 20.7. The molecule has 0 bridgehead atoms. The van der Waals surface area contributed by atoms with Crippen molar-refractivity contribution in [1.82, 2.24) is 40.9 Å². The highest BCUT2D eigenvalue weighted by Crippen LogP contribution is 2.40. The third-order valence-corrected chi connectivity index (χ3v) is 32.0. The topological polar surface area (TPSA) is 126 Å². The van der Waals surface area contributed by atoms with E-state index in [1.807, 2.05) is 4.90 Å². The Balaban J connectivity index is 0.000000460. The number of ether oxygens (including phenoxy) is 3. The minimum absolute atomic E-state index is 0.00579. The van der Waals surface area contributed by atoms with E-state index in [-0.39, 0.29) is 12.0 Å². The molecule has 3 saturated carbocycles. The maximum absolute atomic E-state index is 13.0. The third-order valence-electron chi connectivity index (χ3n) is 32.0. The Kier molecular flexibility index (Phi) is 61.5. The second-order valence-electron chi connectivity index (χ2n) is 49.4. The molecular formula is C111H225FN8O5. The molecule has 11 aliphatic heterocycles. The van der Waals surface area contributed by atoms with Crippen LogP contribution in [-0.2, 0) is 19.0 Å². The Labute approximate surface area is 781 Å². The van der Waals surface area contributed by atoms with Gasteiger partial charge in [-0.15, -0.1) is 0 Å². The quantitative estimate of drug-likeness (QED) is 0.128. The van der Waals surface area contributed by atoms with Gasteiger partial charge >= 0.3 is 0 Å². The normalized spacial score (nSPS) is 28.6. The standard InChI is InChI=1S/C12H23N.C11H21NO.C10H20.C9H19N.2C9H18O.C8H16FN.2C8H17N.C8H16O.C7H15N.C6H13N.C6H12O/c1-10(2)12-5-7-13(8-6-12)9-11-3-4-11;1-9(13)12-7-5-10(6-8-12)11(2,3)4;1-10(2,3)9-7-5-4-6-8-9;1-4-8-5-10-6-9(8)7(2)3;1-9(2,3)8-4-6-10-7-5-8;1-7(2)8-5-3-4-6-9(8)10;1-6(2)7-3-4-10-5-8(7)9;2*1-7(2)8-4-5-9(3)6-8;1-8(2,3)7-4-5-9-6-7;1-6(2)7-3-4-8-5-7;2*1-5(2)6-3-4-7-6/h10-12H,3-9H2,1-2H3;10H,5-8H2,1-4H3;9H,4-8H2,1-3H3;7-10H,4-6H2,1-3H3;8H,4-7H2,1-3H3;7-10H,3-6H2,1-2H3;6-8,10H,3-5H2,1-2H3;2*7-8H,4-6H2,1-3H3;7H,4-6H2,1-3H3;6-8H,3-5H2,1-2H3;5-7H,3-4H2,1-2H3;5-6H,3-4H2,1-2H3. The van der Waals surface area contributed by atoms with Crippen LogP contribution in [0.3, 0.4) is 0 Å². The summed E-state index contributed by atoms with van der Waals surface area (Å²) in [7, 11) is 4.42. The monoisotopic (exact) mass is 1770 g/mol. The third kappa shape index (κ3) is 53.2. The van der Waals surface area contributed by atoms with E-state index >= 15 is 0 Å². The first-order chi connectivity index (χ1) is 58.5. The molecule has 746 valence electrons. The summed E-state index contributed by atoms with van der Waals surface area (Å²) in [6.07, 6.45) is 33.4.